The van der Waals surface area contributed by atoms with Crippen molar-refractivity contribution in [3.63, 3.8) is 0 Å². The number of aromatic amines is 2. The number of hydrogen-bond donors (Lipinski definition) is 4. The molecule has 0 aliphatic heterocycles. The topological polar surface area (TPSA) is 97.8 Å². The quantitative estimate of drug-likeness (QED) is 0.395. The van der Waals surface area contributed by atoms with Gasteiger partial charge in [-0.25, -0.2) is 0 Å². The number of hydrogen-bond acceptors (Lipinski definition) is 4. The van der Waals surface area contributed by atoms with Gasteiger partial charge < -0.3 is 10.2 Å². The van der Waals surface area contributed by atoms with E-state index in [9.17, 15) is 10.2 Å². The van der Waals surface area contributed by atoms with Crippen LogP contribution in [0.5, 0.6) is 11.5 Å². The van der Waals surface area contributed by atoms with Gasteiger partial charge in [0.25, 0.3) is 0 Å². The van der Waals surface area contributed by atoms with Gasteiger partial charge in [0.15, 0.2) is 11.5 Å². The number of nitrogens with one attached hydrogen (secondary N) is 2. The molecule has 6 heteroatoms. The molecule has 0 spiro atoms. The Morgan fingerprint density at radius 2 is 1.29 bits per heavy atom. The van der Waals surface area contributed by atoms with Gasteiger partial charge in [-0.3, -0.25) is 10.2 Å². The van der Waals surface area contributed by atoms with E-state index in [-0.39, 0.29) is 11.5 Å². The smallest absolute Gasteiger partial charge is 0.152 e. The Balaban J connectivity index is 2.72. The number of aromatic hydroxyl groups is 2. The molecule has 2 aromatic heterocycles. The highest BCUT2D eigenvalue weighted by Crippen LogP contribution is 2.38. The SMILES string of the molecule is Oc1c2cn[nH]c2c(O)c2cn[nH]c12. The maximum Gasteiger partial charge on any atom is 0.152 e. The average molecular weight is 190 g/mol. The monoisotopic (exact) mass is 190 g/mol. The van der Waals surface area contributed by atoms with Crippen LogP contribution in [0.15, 0.2) is 12.4 Å². The van der Waals surface area contributed by atoms with Crippen LogP contribution in [0.3, 0.4) is 0 Å². The molecule has 14 heavy (non-hydrogen) atoms. The van der Waals surface area contributed by atoms with Crippen molar-refractivity contribution in [2.24, 2.45) is 0 Å². The lowest BCUT2D eigenvalue weighted by Gasteiger charge is -1.99. The molecule has 0 aliphatic carbocycles. The zero-order valence-electron chi connectivity index (χ0n) is 6.94. The average Bonchev–Trinajstić information content (AvgIpc) is 2.82. The molecule has 0 atom stereocenters. The molecule has 3 aromatic rings. The van der Waals surface area contributed by atoms with Gasteiger partial charge in [0.2, 0.25) is 0 Å². The lowest BCUT2D eigenvalue weighted by Crippen LogP contribution is -1.76. The largest absolute Gasteiger partial charge is 0.505 e. The number of aromatic nitrogens is 4. The molecule has 0 aliphatic rings. The van der Waals surface area contributed by atoms with Crippen molar-refractivity contribution >= 4 is 21.8 Å². The van der Waals surface area contributed by atoms with E-state index in [1.165, 1.54) is 12.4 Å². The molecule has 6 nitrogen and oxygen atoms in total. The van der Waals surface area contributed by atoms with E-state index in [0.717, 1.165) is 0 Å². The number of rotatable bonds is 0. The Morgan fingerprint density at radius 3 is 1.71 bits per heavy atom. The van der Waals surface area contributed by atoms with E-state index in [2.05, 4.69) is 20.4 Å². The van der Waals surface area contributed by atoms with Crippen LogP contribution in [0.1, 0.15) is 0 Å². The number of phenolic OH excluding ortho intramolecular Hbond substituents is 2. The van der Waals surface area contributed by atoms with E-state index in [1.807, 2.05) is 0 Å². The number of fused-ring (bicyclic) bond motifs is 2. The van der Waals surface area contributed by atoms with Crippen molar-refractivity contribution < 1.29 is 10.2 Å². The first-order valence-corrected chi connectivity index (χ1v) is 3.99. The molecule has 0 radical (unpaired) electrons. The summed E-state index contributed by atoms with van der Waals surface area (Å²) in [5.41, 5.74) is 0.827. The lowest BCUT2D eigenvalue weighted by atomic mass is 10.1. The fourth-order valence-corrected chi connectivity index (χ4v) is 1.56. The molecule has 0 unspecified atom stereocenters. The maximum absolute atomic E-state index is 9.77. The third-order valence-electron chi connectivity index (χ3n) is 2.26. The minimum Gasteiger partial charge on any atom is -0.505 e. The van der Waals surface area contributed by atoms with Crippen molar-refractivity contribution in [1.82, 2.24) is 20.4 Å². The van der Waals surface area contributed by atoms with Gasteiger partial charge in [-0.15, -0.1) is 0 Å². The number of nitrogens with zero attached hydrogens (tertiary/aromatic N) is 2. The van der Waals surface area contributed by atoms with Gasteiger partial charge in [0.1, 0.15) is 11.0 Å². The molecule has 0 bridgehead atoms. The van der Waals surface area contributed by atoms with Gasteiger partial charge in [0.05, 0.1) is 23.2 Å². The van der Waals surface area contributed by atoms with Crippen LogP contribution in [-0.4, -0.2) is 30.6 Å². The molecule has 70 valence electrons. The van der Waals surface area contributed by atoms with Crippen LogP contribution in [0.2, 0.25) is 0 Å². The van der Waals surface area contributed by atoms with Gasteiger partial charge in [0, 0.05) is 0 Å². The predicted octanol–water partition coefficient (Wildman–Crippen LogP) is 0.850. The van der Waals surface area contributed by atoms with Crippen LogP contribution < -0.4 is 0 Å². The molecule has 0 saturated heterocycles. The summed E-state index contributed by atoms with van der Waals surface area (Å²) in [7, 11) is 0. The summed E-state index contributed by atoms with van der Waals surface area (Å²) in [6.45, 7) is 0. The van der Waals surface area contributed by atoms with Crippen LogP contribution in [-0.2, 0) is 0 Å². The van der Waals surface area contributed by atoms with E-state index >= 15 is 0 Å². The summed E-state index contributed by atoms with van der Waals surface area (Å²) >= 11 is 0. The molecule has 0 amide bonds. The number of H-pyrrole nitrogens is 2. The zero-order chi connectivity index (χ0) is 9.71. The van der Waals surface area contributed by atoms with E-state index < -0.39 is 0 Å². The summed E-state index contributed by atoms with van der Waals surface area (Å²) < 4.78 is 0. The van der Waals surface area contributed by atoms with E-state index in [1.54, 1.807) is 0 Å². The van der Waals surface area contributed by atoms with Crippen molar-refractivity contribution in [2.75, 3.05) is 0 Å². The van der Waals surface area contributed by atoms with Crippen molar-refractivity contribution in [2.45, 2.75) is 0 Å². The van der Waals surface area contributed by atoms with Gasteiger partial charge in [-0.1, -0.05) is 0 Å². The molecular weight excluding hydrogens is 184 g/mol. The Bertz CT molecular complexity index is 522. The summed E-state index contributed by atoms with van der Waals surface area (Å²) in [5.74, 6) is 0.0816. The second-order valence-electron chi connectivity index (χ2n) is 3.01. The van der Waals surface area contributed by atoms with Crippen molar-refractivity contribution in [1.29, 1.82) is 0 Å². The van der Waals surface area contributed by atoms with Crippen LogP contribution in [0.4, 0.5) is 0 Å². The van der Waals surface area contributed by atoms with Gasteiger partial charge in [-0.05, 0) is 0 Å². The Labute approximate surface area is 77.2 Å². The molecule has 1 aromatic carbocycles. The van der Waals surface area contributed by atoms with E-state index in [4.69, 9.17) is 0 Å². The maximum atomic E-state index is 9.77. The predicted molar refractivity (Wildman–Crippen MR) is 49.1 cm³/mol. The van der Waals surface area contributed by atoms with Crippen LogP contribution in [0, 0.1) is 0 Å². The molecule has 4 N–H and O–H groups in total. The Morgan fingerprint density at radius 1 is 0.857 bits per heavy atom. The van der Waals surface area contributed by atoms with Gasteiger partial charge in [-0.2, -0.15) is 10.2 Å². The fourth-order valence-electron chi connectivity index (χ4n) is 1.56. The summed E-state index contributed by atoms with van der Waals surface area (Å²) in [6, 6.07) is 0. The third kappa shape index (κ3) is 0.657. The first-order chi connectivity index (χ1) is 6.79. The highest BCUT2D eigenvalue weighted by atomic mass is 16.3. The summed E-state index contributed by atoms with van der Waals surface area (Å²) in [4.78, 5) is 0. The highest BCUT2D eigenvalue weighted by Gasteiger charge is 2.15. The molecule has 2 heterocycles. The van der Waals surface area contributed by atoms with Crippen LogP contribution in [0.25, 0.3) is 21.8 Å². The Hall–Kier alpha value is -2.24. The second-order valence-corrected chi connectivity index (χ2v) is 3.01. The van der Waals surface area contributed by atoms with Crippen molar-refractivity contribution in [3.05, 3.63) is 12.4 Å². The normalized spacial score (nSPS) is 11.4. The van der Waals surface area contributed by atoms with Gasteiger partial charge >= 0.3 is 0 Å². The Kier molecular flexibility index (Phi) is 1.11. The van der Waals surface area contributed by atoms with Crippen molar-refractivity contribution in [3.8, 4) is 11.5 Å². The minimum atomic E-state index is 0.0408. The third-order valence-corrected chi connectivity index (χ3v) is 2.26. The number of phenols is 2. The zero-order valence-corrected chi connectivity index (χ0v) is 6.94. The summed E-state index contributed by atoms with van der Waals surface area (Å²) in [6.07, 6.45) is 2.90. The first-order valence-electron chi connectivity index (χ1n) is 3.99. The highest BCUT2D eigenvalue weighted by molar-refractivity contribution is 6.07. The molecular formula is C8H6N4O2. The van der Waals surface area contributed by atoms with Crippen LogP contribution >= 0.6 is 0 Å². The molecule has 0 fully saturated rings. The standard InChI is InChI=1S/C8H6N4O2/c13-7-3-1-9-11-5(3)8(14)4-2-10-12-6(4)7/h1-2,13-14H,(H,9,11)(H,10,12). The molecule has 3 rings (SSSR count). The second kappa shape index (κ2) is 2.16. The molecule has 0 saturated carbocycles. The summed E-state index contributed by atoms with van der Waals surface area (Å²) in [5, 5.41) is 33.2. The fraction of sp³-hybridized carbons (Fsp3) is 0. The number of benzene rings is 1. The lowest BCUT2D eigenvalue weighted by molar-refractivity contribution is 0.477. The first kappa shape index (κ1) is 7.19. The van der Waals surface area contributed by atoms with E-state index in [0.29, 0.717) is 21.8 Å². The minimum absolute atomic E-state index is 0.0408.